The maximum atomic E-state index is 12.4. The standard InChI is InChI=1S/C18H24N2O/c1-12-7-15(18(3,4)5)8-13(2)16(12)9-17(21)14-10-19-20(6)11-14/h7-8,10-11H,9H2,1-6H3. The molecule has 0 aliphatic carbocycles. The van der Waals surface area contributed by atoms with Crippen molar-refractivity contribution in [3.8, 4) is 0 Å². The Labute approximate surface area is 127 Å². The minimum Gasteiger partial charge on any atom is -0.294 e. The van der Waals surface area contributed by atoms with Gasteiger partial charge in [-0.15, -0.1) is 0 Å². The summed E-state index contributed by atoms with van der Waals surface area (Å²) < 4.78 is 1.66. The van der Waals surface area contributed by atoms with Gasteiger partial charge in [-0.2, -0.15) is 5.10 Å². The van der Waals surface area contributed by atoms with Crippen molar-refractivity contribution in [2.45, 2.75) is 46.5 Å². The van der Waals surface area contributed by atoms with E-state index in [4.69, 9.17) is 0 Å². The monoisotopic (exact) mass is 284 g/mol. The van der Waals surface area contributed by atoms with Crippen LogP contribution < -0.4 is 0 Å². The minimum atomic E-state index is 0.123. The van der Waals surface area contributed by atoms with E-state index in [1.807, 2.05) is 7.05 Å². The van der Waals surface area contributed by atoms with Gasteiger partial charge in [-0.3, -0.25) is 9.48 Å². The fourth-order valence-corrected chi connectivity index (χ4v) is 2.53. The summed E-state index contributed by atoms with van der Waals surface area (Å²) in [4.78, 5) is 12.4. The lowest BCUT2D eigenvalue weighted by Crippen LogP contribution is -2.13. The zero-order valence-electron chi connectivity index (χ0n) is 13.8. The molecule has 3 heteroatoms. The van der Waals surface area contributed by atoms with Crippen LogP contribution in [-0.2, 0) is 18.9 Å². The van der Waals surface area contributed by atoms with Gasteiger partial charge in [-0.1, -0.05) is 32.9 Å². The number of rotatable bonds is 3. The number of aryl methyl sites for hydroxylation is 3. The molecule has 0 amide bonds. The van der Waals surface area contributed by atoms with Gasteiger partial charge in [0.15, 0.2) is 5.78 Å². The quantitative estimate of drug-likeness (QED) is 0.804. The predicted octanol–water partition coefficient (Wildman–Crippen LogP) is 3.76. The van der Waals surface area contributed by atoms with Crippen LogP contribution in [0.3, 0.4) is 0 Å². The molecule has 0 aliphatic rings. The Bertz CT molecular complexity index is 652. The molecule has 2 aromatic rings. The zero-order chi connectivity index (χ0) is 15.8. The number of hydrogen-bond donors (Lipinski definition) is 0. The number of carbonyl (C=O) groups excluding carboxylic acids is 1. The largest absolute Gasteiger partial charge is 0.294 e. The highest BCUT2D eigenvalue weighted by atomic mass is 16.1. The highest BCUT2D eigenvalue weighted by Gasteiger charge is 2.18. The maximum Gasteiger partial charge on any atom is 0.170 e. The average molecular weight is 284 g/mol. The van der Waals surface area contributed by atoms with Gasteiger partial charge in [0.05, 0.1) is 11.8 Å². The number of ketones is 1. The third kappa shape index (κ3) is 3.41. The van der Waals surface area contributed by atoms with Crippen LogP contribution in [0.4, 0.5) is 0 Å². The number of nitrogens with zero attached hydrogens (tertiary/aromatic N) is 2. The van der Waals surface area contributed by atoms with Crippen molar-refractivity contribution in [1.82, 2.24) is 9.78 Å². The van der Waals surface area contributed by atoms with Crippen LogP contribution in [0.1, 0.15) is 53.4 Å². The first-order valence-corrected chi connectivity index (χ1v) is 7.31. The molecule has 0 atom stereocenters. The molecule has 21 heavy (non-hydrogen) atoms. The van der Waals surface area contributed by atoms with E-state index >= 15 is 0 Å². The Morgan fingerprint density at radius 3 is 2.19 bits per heavy atom. The van der Waals surface area contributed by atoms with Gasteiger partial charge in [-0.05, 0) is 41.5 Å². The molecule has 0 spiro atoms. The van der Waals surface area contributed by atoms with Gasteiger partial charge in [-0.25, -0.2) is 0 Å². The fourth-order valence-electron chi connectivity index (χ4n) is 2.53. The summed E-state index contributed by atoms with van der Waals surface area (Å²) in [5.41, 5.74) is 5.64. The third-order valence-electron chi connectivity index (χ3n) is 3.93. The third-order valence-corrected chi connectivity index (χ3v) is 3.93. The number of hydrogen-bond acceptors (Lipinski definition) is 2. The van der Waals surface area contributed by atoms with Gasteiger partial charge in [0.2, 0.25) is 0 Å². The highest BCUT2D eigenvalue weighted by molar-refractivity contribution is 5.97. The SMILES string of the molecule is Cc1cc(C(C)(C)C)cc(C)c1CC(=O)c1cnn(C)c1. The Balaban J connectivity index is 2.31. The smallest absolute Gasteiger partial charge is 0.170 e. The molecule has 0 bridgehead atoms. The second-order valence-corrected chi connectivity index (χ2v) is 6.84. The second-order valence-electron chi connectivity index (χ2n) is 6.84. The van der Waals surface area contributed by atoms with E-state index in [9.17, 15) is 4.79 Å². The van der Waals surface area contributed by atoms with Gasteiger partial charge in [0.1, 0.15) is 0 Å². The first-order chi connectivity index (χ1) is 9.68. The summed E-state index contributed by atoms with van der Waals surface area (Å²) in [7, 11) is 1.82. The van der Waals surface area contributed by atoms with E-state index in [0.29, 0.717) is 12.0 Å². The van der Waals surface area contributed by atoms with Crippen molar-refractivity contribution in [3.63, 3.8) is 0 Å². The summed E-state index contributed by atoms with van der Waals surface area (Å²) in [6.45, 7) is 10.8. The van der Waals surface area contributed by atoms with Crippen LogP contribution in [0.25, 0.3) is 0 Å². The molecule has 0 N–H and O–H groups in total. The Hall–Kier alpha value is -1.90. The molecule has 0 aliphatic heterocycles. The van der Waals surface area contributed by atoms with Crippen molar-refractivity contribution in [2.75, 3.05) is 0 Å². The van der Waals surface area contributed by atoms with Crippen molar-refractivity contribution < 1.29 is 4.79 Å². The fraction of sp³-hybridized carbons (Fsp3) is 0.444. The maximum absolute atomic E-state index is 12.4. The van der Waals surface area contributed by atoms with Crippen LogP contribution in [0.5, 0.6) is 0 Å². The zero-order valence-corrected chi connectivity index (χ0v) is 13.8. The van der Waals surface area contributed by atoms with Crippen molar-refractivity contribution in [3.05, 3.63) is 52.3 Å². The number of carbonyl (C=O) groups is 1. The van der Waals surface area contributed by atoms with E-state index < -0.39 is 0 Å². The lowest BCUT2D eigenvalue weighted by atomic mass is 9.83. The number of Topliss-reactive ketones (excluding diaryl/α,β-unsaturated/α-hetero) is 1. The average Bonchev–Trinajstić information content (AvgIpc) is 2.79. The Morgan fingerprint density at radius 2 is 1.76 bits per heavy atom. The van der Waals surface area contributed by atoms with Gasteiger partial charge < -0.3 is 0 Å². The van der Waals surface area contributed by atoms with E-state index in [1.54, 1.807) is 17.1 Å². The summed E-state index contributed by atoms with van der Waals surface area (Å²) in [5.74, 6) is 0.123. The van der Waals surface area contributed by atoms with Crippen LogP contribution in [0.15, 0.2) is 24.5 Å². The van der Waals surface area contributed by atoms with Gasteiger partial charge in [0.25, 0.3) is 0 Å². The van der Waals surface area contributed by atoms with Crippen molar-refractivity contribution in [1.29, 1.82) is 0 Å². The first kappa shape index (κ1) is 15.5. The summed E-state index contributed by atoms with van der Waals surface area (Å²) in [5, 5.41) is 4.07. The van der Waals surface area contributed by atoms with Gasteiger partial charge in [0, 0.05) is 19.7 Å². The van der Waals surface area contributed by atoms with Crippen LogP contribution in [-0.4, -0.2) is 15.6 Å². The molecule has 0 saturated heterocycles. The van der Waals surface area contributed by atoms with Crippen LogP contribution in [0, 0.1) is 13.8 Å². The van der Waals surface area contributed by atoms with Gasteiger partial charge >= 0.3 is 0 Å². The van der Waals surface area contributed by atoms with Crippen LogP contribution >= 0.6 is 0 Å². The Morgan fingerprint density at radius 1 is 1.19 bits per heavy atom. The van der Waals surface area contributed by atoms with E-state index in [2.05, 4.69) is 51.9 Å². The summed E-state index contributed by atoms with van der Waals surface area (Å²) in [6, 6.07) is 4.41. The highest BCUT2D eigenvalue weighted by Crippen LogP contribution is 2.27. The molecular weight excluding hydrogens is 260 g/mol. The van der Waals surface area contributed by atoms with Crippen molar-refractivity contribution >= 4 is 5.78 Å². The van der Waals surface area contributed by atoms with E-state index in [-0.39, 0.29) is 11.2 Å². The van der Waals surface area contributed by atoms with Crippen LogP contribution in [0.2, 0.25) is 0 Å². The lowest BCUT2D eigenvalue weighted by Gasteiger charge is -2.22. The number of benzene rings is 1. The van der Waals surface area contributed by atoms with E-state index in [1.165, 1.54) is 16.7 Å². The molecule has 0 radical (unpaired) electrons. The second kappa shape index (κ2) is 5.47. The predicted molar refractivity (Wildman–Crippen MR) is 85.9 cm³/mol. The summed E-state index contributed by atoms with van der Waals surface area (Å²) in [6.07, 6.45) is 3.85. The first-order valence-electron chi connectivity index (χ1n) is 7.31. The molecule has 1 heterocycles. The van der Waals surface area contributed by atoms with Crippen molar-refractivity contribution in [2.24, 2.45) is 7.05 Å². The molecule has 1 aromatic heterocycles. The van der Waals surface area contributed by atoms with E-state index in [0.717, 1.165) is 5.56 Å². The Kier molecular flexibility index (Phi) is 4.04. The number of aromatic nitrogens is 2. The summed E-state index contributed by atoms with van der Waals surface area (Å²) >= 11 is 0. The minimum absolute atomic E-state index is 0.123. The normalized spacial score (nSPS) is 11.7. The molecule has 0 saturated carbocycles. The topological polar surface area (TPSA) is 34.9 Å². The molecule has 3 nitrogen and oxygen atoms in total. The molecule has 0 unspecified atom stereocenters. The lowest BCUT2D eigenvalue weighted by molar-refractivity contribution is 0.0992. The molecule has 0 fully saturated rings. The molecular formula is C18H24N2O. The molecule has 112 valence electrons. The molecule has 2 rings (SSSR count). The molecule has 1 aromatic carbocycles.